The first kappa shape index (κ1) is 13.1. The molecule has 1 aliphatic rings. The van der Waals surface area contributed by atoms with E-state index in [2.05, 4.69) is 24.0 Å². The lowest BCUT2D eigenvalue weighted by Crippen LogP contribution is -2.28. The van der Waals surface area contributed by atoms with Gasteiger partial charge in [-0.3, -0.25) is 9.69 Å². The Morgan fingerprint density at radius 1 is 1.28 bits per heavy atom. The molecule has 0 N–H and O–H groups in total. The van der Waals surface area contributed by atoms with Crippen LogP contribution in [0.15, 0.2) is 30.3 Å². The van der Waals surface area contributed by atoms with Gasteiger partial charge in [0.25, 0.3) is 0 Å². The van der Waals surface area contributed by atoms with Gasteiger partial charge in [0.05, 0.1) is 0 Å². The van der Waals surface area contributed by atoms with Crippen molar-refractivity contribution in [3.63, 3.8) is 0 Å². The molecule has 0 aliphatic carbocycles. The van der Waals surface area contributed by atoms with Gasteiger partial charge in [-0.1, -0.05) is 30.3 Å². The Labute approximate surface area is 109 Å². The van der Waals surface area contributed by atoms with Gasteiger partial charge in [0, 0.05) is 12.6 Å². The number of hydrogen-bond acceptors (Lipinski definition) is 3. The van der Waals surface area contributed by atoms with Crippen molar-refractivity contribution in [2.75, 3.05) is 0 Å². The Kier molecular flexibility index (Phi) is 3.44. The zero-order valence-electron chi connectivity index (χ0n) is 11.5. The Morgan fingerprint density at radius 3 is 2.44 bits per heavy atom. The van der Waals surface area contributed by atoms with Crippen molar-refractivity contribution in [3.05, 3.63) is 35.9 Å². The van der Waals surface area contributed by atoms with Crippen LogP contribution in [0.2, 0.25) is 0 Å². The topological polar surface area (TPSA) is 29.3 Å². The lowest BCUT2D eigenvalue weighted by atomic mass is 10.2. The molecule has 3 heteroatoms. The van der Waals surface area contributed by atoms with Crippen molar-refractivity contribution in [1.29, 1.82) is 0 Å². The first-order chi connectivity index (χ1) is 8.38. The van der Waals surface area contributed by atoms with Crippen LogP contribution in [0.1, 0.15) is 33.3 Å². The van der Waals surface area contributed by atoms with E-state index in [1.54, 1.807) is 0 Å². The zero-order valence-corrected chi connectivity index (χ0v) is 11.5. The van der Waals surface area contributed by atoms with Crippen LogP contribution in [-0.2, 0) is 16.1 Å². The van der Waals surface area contributed by atoms with Crippen molar-refractivity contribution in [1.82, 2.24) is 4.90 Å². The molecule has 3 atom stereocenters. The van der Waals surface area contributed by atoms with Gasteiger partial charge in [0.15, 0.2) is 0 Å². The quantitative estimate of drug-likeness (QED) is 0.607. The molecular weight excluding hydrogens is 226 g/mol. The molecule has 2 rings (SSSR count). The second-order valence-corrected chi connectivity index (χ2v) is 5.88. The summed E-state index contributed by atoms with van der Waals surface area (Å²) in [6, 6.07) is 10.4. The summed E-state index contributed by atoms with van der Waals surface area (Å²) in [7, 11) is 0. The number of benzene rings is 1. The van der Waals surface area contributed by atoms with E-state index in [-0.39, 0.29) is 18.1 Å². The largest absolute Gasteiger partial charge is 0.459 e. The minimum atomic E-state index is -0.405. The van der Waals surface area contributed by atoms with Crippen LogP contribution in [0.5, 0.6) is 0 Å². The molecule has 0 spiro atoms. The van der Waals surface area contributed by atoms with E-state index in [4.69, 9.17) is 4.74 Å². The molecule has 1 saturated heterocycles. The summed E-state index contributed by atoms with van der Waals surface area (Å²) in [6.45, 7) is 8.59. The van der Waals surface area contributed by atoms with Crippen molar-refractivity contribution in [3.8, 4) is 0 Å². The molecule has 0 aromatic heterocycles. The summed E-state index contributed by atoms with van der Waals surface area (Å²) in [4.78, 5) is 14.1. The van der Waals surface area contributed by atoms with E-state index in [0.29, 0.717) is 0 Å². The molecule has 1 aromatic carbocycles. The van der Waals surface area contributed by atoms with Crippen LogP contribution in [0.4, 0.5) is 0 Å². The summed E-state index contributed by atoms with van der Waals surface area (Å²) >= 11 is 0. The average Bonchev–Trinajstić information content (AvgIpc) is 2.88. The van der Waals surface area contributed by atoms with E-state index in [1.165, 1.54) is 5.56 Å². The van der Waals surface area contributed by atoms with Gasteiger partial charge in [0.2, 0.25) is 0 Å². The third-order valence-electron chi connectivity index (χ3n) is 3.10. The number of carbonyl (C=O) groups is 1. The summed E-state index contributed by atoms with van der Waals surface area (Å²) in [5.41, 5.74) is 0.827. The summed E-state index contributed by atoms with van der Waals surface area (Å²) in [5.74, 6) is -0.106. The van der Waals surface area contributed by atoms with Gasteiger partial charge >= 0.3 is 5.97 Å². The fraction of sp³-hybridized carbons (Fsp3) is 0.533. The molecule has 1 unspecified atom stereocenters. The molecule has 1 aliphatic heterocycles. The van der Waals surface area contributed by atoms with Crippen LogP contribution in [0.25, 0.3) is 0 Å². The standard InChI is InChI=1S/C15H21NO2/c1-11-13(14(17)18-15(2,3)4)16(11)10-12-8-6-5-7-9-12/h5-9,11,13H,10H2,1-4H3/t11-,13+,16?/m1/s1. The van der Waals surface area contributed by atoms with Crippen molar-refractivity contribution < 1.29 is 9.53 Å². The SMILES string of the molecule is C[C@@H]1[C@@H](C(=O)OC(C)(C)C)N1Cc1ccccc1. The maximum atomic E-state index is 12.0. The van der Waals surface area contributed by atoms with Gasteiger partial charge in [0.1, 0.15) is 11.6 Å². The highest BCUT2D eigenvalue weighted by molar-refractivity contribution is 5.80. The molecule has 1 heterocycles. The first-order valence-corrected chi connectivity index (χ1v) is 6.41. The molecule has 0 amide bonds. The summed E-state index contributed by atoms with van der Waals surface area (Å²) in [6.07, 6.45) is 0. The van der Waals surface area contributed by atoms with E-state index < -0.39 is 5.60 Å². The lowest BCUT2D eigenvalue weighted by molar-refractivity contribution is -0.155. The van der Waals surface area contributed by atoms with Crippen LogP contribution in [0.3, 0.4) is 0 Å². The molecule has 1 aromatic rings. The number of rotatable bonds is 3. The highest BCUT2D eigenvalue weighted by atomic mass is 16.6. The van der Waals surface area contributed by atoms with E-state index in [0.717, 1.165) is 6.54 Å². The normalized spacial score (nSPS) is 26.8. The third-order valence-corrected chi connectivity index (χ3v) is 3.10. The monoisotopic (exact) mass is 247 g/mol. The smallest absolute Gasteiger partial charge is 0.325 e. The molecular formula is C15H21NO2. The minimum absolute atomic E-state index is 0.0792. The molecule has 18 heavy (non-hydrogen) atoms. The predicted octanol–water partition coefficient (Wildman–Crippen LogP) is 2.60. The number of hydrogen-bond donors (Lipinski definition) is 0. The van der Waals surface area contributed by atoms with E-state index >= 15 is 0 Å². The molecule has 98 valence electrons. The number of esters is 1. The minimum Gasteiger partial charge on any atom is -0.459 e. The lowest BCUT2D eigenvalue weighted by Gasteiger charge is -2.19. The van der Waals surface area contributed by atoms with Crippen LogP contribution in [-0.4, -0.2) is 28.6 Å². The van der Waals surface area contributed by atoms with Gasteiger partial charge in [-0.25, -0.2) is 0 Å². The van der Waals surface area contributed by atoms with Crippen LogP contribution in [0, 0.1) is 0 Å². The van der Waals surface area contributed by atoms with Crippen LogP contribution >= 0.6 is 0 Å². The molecule has 0 radical (unpaired) electrons. The fourth-order valence-corrected chi connectivity index (χ4v) is 2.14. The van der Waals surface area contributed by atoms with E-state index in [9.17, 15) is 4.79 Å². The number of carbonyl (C=O) groups excluding carboxylic acids is 1. The second-order valence-electron chi connectivity index (χ2n) is 5.88. The molecule has 0 bridgehead atoms. The van der Waals surface area contributed by atoms with Gasteiger partial charge < -0.3 is 4.74 Å². The van der Waals surface area contributed by atoms with Crippen molar-refractivity contribution in [2.24, 2.45) is 0 Å². The molecule has 1 fully saturated rings. The Bertz CT molecular complexity index is 422. The summed E-state index contributed by atoms with van der Waals surface area (Å²) < 4.78 is 5.42. The number of ether oxygens (including phenoxy) is 1. The van der Waals surface area contributed by atoms with E-state index in [1.807, 2.05) is 39.0 Å². The Hall–Kier alpha value is -1.35. The zero-order chi connectivity index (χ0) is 13.3. The molecule has 3 nitrogen and oxygen atoms in total. The van der Waals surface area contributed by atoms with Gasteiger partial charge in [-0.2, -0.15) is 0 Å². The van der Waals surface area contributed by atoms with Gasteiger partial charge in [-0.05, 0) is 33.3 Å². The second kappa shape index (κ2) is 4.73. The van der Waals surface area contributed by atoms with Crippen molar-refractivity contribution in [2.45, 2.75) is 51.9 Å². The maximum absolute atomic E-state index is 12.0. The van der Waals surface area contributed by atoms with Crippen LogP contribution < -0.4 is 0 Å². The van der Waals surface area contributed by atoms with Gasteiger partial charge in [-0.15, -0.1) is 0 Å². The highest BCUT2D eigenvalue weighted by Gasteiger charge is 2.50. The molecule has 0 saturated carbocycles. The number of nitrogens with zero attached hydrogens (tertiary/aromatic N) is 1. The highest BCUT2D eigenvalue weighted by Crippen LogP contribution is 2.32. The maximum Gasteiger partial charge on any atom is 0.325 e. The predicted molar refractivity (Wildman–Crippen MR) is 71.1 cm³/mol. The third kappa shape index (κ3) is 3.10. The van der Waals surface area contributed by atoms with Crippen molar-refractivity contribution >= 4 is 5.97 Å². The average molecular weight is 247 g/mol. The Balaban J connectivity index is 1.92. The first-order valence-electron chi connectivity index (χ1n) is 6.41. The Morgan fingerprint density at radius 2 is 1.89 bits per heavy atom. The fourth-order valence-electron chi connectivity index (χ4n) is 2.14. The summed E-state index contributed by atoms with van der Waals surface area (Å²) in [5, 5.41) is 0.